The summed E-state index contributed by atoms with van der Waals surface area (Å²) in [7, 11) is 3.12. The summed E-state index contributed by atoms with van der Waals surface area (Å²) in [4.78, 5) is 31.6. The number of hydrogen-bond acceptors (Lipinski definition) is 6. The van der Waals surface area contributed by atoms with Crippen LogP contribution in [0.4, 0.5) is 0 Å². The molecule has 34 heavy (non-hydrogen) atoms. The van der Waals surface area contributed by atoms with Gasteiger partial charge in [0.15, 0.2) is 5.39 Å². The summed E-state index contributed by atoms with van der Waals surface area (Å²) in [6.45, 7) is 0.354. The first-order chi connectivity index (χ1) is 16.6. The van der Waals surface area contributed by atoms with Crippen molar-refractivity contribution in [1.29, 1.82) is 0 Å². The van der Waals surface area contributed by atoms with Crippen molar-refractivity contribution in [2.24, 2.45) is 0 Å². The summed E-state index contributed by atoms with van der Waals surface area (Å²) in [5, 5.41) is 0.238. The SMILES string of the molecule is COc1ccc(-c2nc3oc4cc(OC)ccc4c(=O)c3c(=O)n2CCc2ccccc2)cc1. The highest BCUT2D eigenvalue weighted by Gasteiger charge is 2.19. The lowest BCUT2D eigenvalue weighted by atomic mass is 10.1. The maximum absolute atomic E-state index is 13.7. The Labute approximate surface area is 194 Å². The Kier molecular flexibility index (Phi) is 5.59. The zero-order chi connectivity index (χ0) is 23.7. The fourth-order valence-corrected chi connectivity index (χ4v) is 4.00. The molecule has 0 aliphatic carbocycles. The molecule has 7 heteroatoms. The highest BCUT2D eigenvalue weighted by atomic mass is 16.5. The second-order valence-electron chi connectivity index (χ2n) is 7.83. The molecule has 5 aromatic rings. The van der Waals surface area contributed by atoms with Crippen molar-refractivity contribution in [3.8, 4) is 22.9 Å². The molecule has 2 aromatic heterocycles. The first kappa shape index (κ1) is 21.5. The van der Waals surface area contributed by atoms with E-state index in [1.807, 2.05) is 42.5 Å². The van der Waals surface area contributed by atoms with Crippen LogP contribution in [0.3, 0.4) is 0 Å². The topological polar surface area (TPSA) is 83.6 Å². The van der Waals surface area contributed by atoms with Gasteiger partial charge in [-0.25, -0.2) is 0 Å². The molecule has 0 bridgehead atoms. The fourth-order valence-electron chi connectivity index (χ4n) is 4.00. The smallest absolute Gasteiger partial charge is 0.269 e. The van der Waals surface area contributed by atoms with Crippen molar-refractivity contribution in [2.75, 3.05) is 14.2 Å². The van der Waals surface area contributed by atoms with Gasteiger partial charge in [0.2, 0.25) is 11.1 Å². The molecule has 7 nitrogen and oxygen atoms in total. The molecule has 0 radical (unpaired) electrons. The lowest BCUT2D eigenvalue weighted by Crippen LogP contribution is -2.28. The molecule has 0 unspecified atom stereocenters. The Balaban J connectivity index is 1.75. The molecule has 5 rings (SSSR count). The molecule has 0 saturated carbocycles. The Morgan fingerprint density at radius 1 is 0.882 bits per heavy atom. The maximum atomic E-state index is 13.7. The van der Waals surface area contributed by atoms with Crippen LogP contribution < -0.4 is 20.5 Å². The molecule has 0 aliphatic rings. The van der Waals surface area contributed by atoms with Crippen molar-refractivity contribution < 1.29 is 13.9 Å². The van der Waals surface area contributed by atoms with Gasteiger partial charge in [-0.15, -0.1) is 0 Å². The van der Waals surface area contributed by atoms with Gasteiger partial charge >= 0.3 is 0 Å². The number of benzene rings is 3. The molecule has 2 heterocycles. The van der Waals surface area contributed by atoms with Gasteiger partial charge in [0.05, 0.1) is 19.6 Å². The minimum absolute atomic E-state index is 0.00228. The lowest BCUT2D eigenvalue weighted by molar-refractivity contribution is 0.414. The van der Waals surface area contributed by atoms with Gasteiger partial charge in [-0.3, -0.25) is 14.2 Å². The third kappa shape index (κ3) is 3.81. The van der Waals surface area contributed by atoms with Crippen molar-refractivity contribution >= 4 is 22.1 Å². The number of nitrogens with zero attached hydrogens (tertiary/aromatic N) is 2. The average Bonchev–Trinajstić information content (AvgIpc) is 2.88. The highest BCUT2D eigenvalue weighted by molar-refractivity contribution is 5.89. The largest absolute Gasteiger partial charge is 0.497 e. The number of fused-ring (bicyclic) bond motifs is 2. The van der Waals surface area contributed by atoms with Gasteiger partial charge in [0.25, 0.3) is 5.56 Å². The Hall–Kier alpha value is -4.39. The third-order valence-electron chi connectivity index (χ3n) is 5.82. The second kappa shape index (κ2) is 8.86. The van der Waals surface area contributed by atoms with Gasteiger partial charge in [-0.1, -0.05) is 30.3 Å². The van der Waals surface area contributed by atoms with E-state index < -0.39 is 11.0 Å². The van der Waals surface area contributed by atoms with Crippen molar-refractivity contribution in [1.82, 2.24) is 9.55 Å². The molecular formula is C27H22N2O5. The number of ether oxygens (including phenoxy) is 2. The number of rotatable bonds is 6. The van der Waals surface area contributed by atoms with E-state index in [0.29, 0.717) is 46.8 Å². The van der Waals surface area contributed by atoms with E-state index in [1.165, 1.54) is 7.11 Å². The molecule has 0 amide bonds. The van der Waals surface area contributed by atoms with E-state index in [0.717, 1.165) is 5.56 Å². The summed E-state index contributed by atoms with van der Waals surface area (Å²) in [6, 6.07) is 22.0. The van der Waals surface area contributed by atoms with E-state index in [4.69, 9.17) is 13.9 Å². The normalized spacial score (nSPS) is 11.1. The molecule has 0 aliphatic heterocycles. The summed E-state index contributed by atoms with van der Waals surface area (Å²) in [5.41, 5.74) is 1.25. The van der Waals surface area contributed by atoms with Crippen LogP contribution in [0, 0.1) is 0 Å². The Bertz CT molecular complexity index is 1600. The molecule has 0 N–H and O–H groups in total. The quantitative estimate of drug-likeness (QED) is 0.353. The Morgan fingerprint density at radius 2 is 1.59 bits per heavy atom. The van der Waals surface area contributed by atoms with Gasteiger partial charge < -0.3 is 13.9 Å². The first-order valence-electron chi connectivity index (χ1n) is 10.8. The molecule has 0 saturated heterocycles. The van der Waals surface area contributed by atoms with Crippen molar-refractivity contribution in [2.45, 2.75) is 13.0 Å². The summed E-state index contributed by atoms with van der Waals surface area (Å²) in [5.74, 6) is 1.65. The van der Waals surface area contributed by atoms with Crippen LogP contribution in [0.2, 0.25) is 0 Å². The average molecular weight is 454 g/mol. The standard InChI is InChI=1S/C27H22N2O5/c1-32-19-10-8-18(9-11-19)25-28-26-23(24(30)21-13-12-20(33-2)16-22(21)34-26)27(31)29(25)15-14-17-6-4-3-5-7-17/h3-13,16H,14-15H2,1-2H3. The summed E-state index contributed by atoms with van der Waals surface area (Å²) < 4.78 is 18.0. The second-order valence-corrected chi connectivity index (χ2v) is 7.83. The van der Waals surface area contributed by atoms with Gasteiger partial charge in [-0.2, -0.15) is 4.98 Å². The number of aromatic nitrogens is 2. The van der Waals surface area contributed by atoms with E-state index in [9.17, 15) is 9.59 Å². The van der Waals surface area contributed by atoms with E-state index in [1.54, 1.807) is 42.0 Å². The van der Waals surface area contributed by atoms with Crippen molar-refractivity contribution in [3.63, 3.8) is 0 Å². The van der Waals surface area contributed by atoms with Crippen LogP contribution in [-0.4, -0.2) is 23.8 Å². The minimum Gasteiger partial charge on any atom is -0.497 e. The Morgan fingerprint density at radius 3 is 2.29 bits per heavy atom. The van der Waals surface area contributed by atoms with Crippen LogP contribution in [0.5, 0.6) is 11.5 Å². The first-order valence-corrected chi connectivity index (χ1v) is 10.8. The number of hydrogen-bond donors (Lipinski definition) is 0. The summed E-state index contributed by atoms with van der Waals surface area (Å²) >= 11 is 0. The van der Waals surface area contributed by atoms with Crippen LogP contribution in [0.1, 0.15) is 5.56 Å². The van der Waals surface area contributed by atoms with Crippen LogP contribution in [0.25, 0.3) is 33.5 Å². The summed E-state index contributed by atoms with van der Waals surface area (Å²) in [6.07, 6.45) is 0.604. The number of aryl methyl sites for hydroxylation is 1. The monoisotopic (exact) mass is 454 g/mol. The minimum atomic E-state index is -0.432. The molecular weight excluding hydrogens is 432 g/mol. The number of methoxy groups -OCH3 is 2. The van der Waals surface area contributed by atoms with Gasteiger partial charge in [0, 0.05) is 18.2 Å². The zero-order valence-electron chi connectivity index (χ0n) is 18.8. The van der Waals surface area contributed by atoms with E-state index in [2.05, 4.69) is 4.98 Å². The molecule has 0 spiro atoms. The maximum Gasteiger partial charge on any atom is 0.269 e. The lowest BCUT2D eigenvalue weighted by Gasteiger charge is -2.14. The van der Waals surface area contributed by atoms with Crippen molar-refractivity contribution in [3.05, 3.63) is 98.9 Å². The fraction of sp³-hybridized carbons (Fsp3) is 0.148. The molecule has 3 aromatic carbocycles. The van der Waals surface area contributed by atoms with Crippen LogP contribution in [0.15, 0.2) is 86.8 Å². The van der Waals surface area contributed by atoms with Crippen LogP contribution >= 0.6 is 0 Å². The molecule has 170 valence electrons. The van der Waals surface area contributed by atoms with E-state index >= 15 is 0 Å². The molecule has 0 fully saturated rings. The predicted molar refractivity (Wildman–Crippen MR) is 131 cm³/mol. The zero-order valence-corrected chi connectivity index (χ0v) is 18.8. The third-order valence-corrected chi connectivity index (χ3v) is 5.82. The highest BCUT2D eigenvalue weighted by Crippen LogP contribution is 2.25. The molecule has 0 atom stereocenters. The predicted octanol–water partition coefficient (Wildman–Crippen LogP) is 4.43. The van der Waals surface area contributed by atoms with Gasteiger partial charge in [0.1, 0.15) is 22.9 Å². The van der Waals surface area contributed by atoms with Crippen LogP contribution in [-0.2, 0) is 13.0 Å². The van der Waals surface area contributed by atoms with Gasteiger partial charge in [-0.05, 0) is 48.4 Å². The van der Waals surface area contributed by atoms with E-state index in [-0.39, 0.29) is 11.1 Å².